The van der Waals surface area contributed by atoms with Gasteiger partial charge in [0.15, 0.2) is 11.6 Å². The van der Waals surface area contributed by atoms with Crippen LogP contribution in [-0.4, -0.2) is 33.2 Å². The van der Waals surface area contributed by atoms with Crippen LogP contribution in [0.25, 0.3) is 0 Å². The normalized spacial score (nSPS) is 10.2. The molecule has 2 rings (SSSR count). The van der Waals surface area contributed by atoms with Crippen molar-refractivity contribution >= 4 is 11.6 Å². The van der Waals surface area contributed by atoms with Crippen LogP contribution in [0, 0.1) is 0 Å². The summed E-state index contributed by atoms with van der Waals surface area (Å²) >= 11 is 0. The highest BCUT2D eigenvalue weighted by Crippen LogP contribution is 2.27. The molecular weight excluding hydrogens is 246 g/mol. The van der Waals surface area contributed by atoms with E-state index in [1.807, 2.05) is 10.8 Å². The number of nitrogens with two attached hydrogens (primary N) is 1. The van der Waals surface area contributed by atoms with Crippen molar-refractivity contribution in [3.63, 3.8) is 0 Å². The molecular formula is C11H17N7O. The van der Waals surface area contributed by atoms with Crippen LogP contribution in [0.2, 0.25) is 0 Å². The topological polar surface area (TPSA) is 103 Å². The van der Waals surface area contributed by atoms with Gasteiger partial charge in [-0.2, -0.15) is 0 Å². The number of hydrogen-bond acceptors (Lipinski definition) is 7. The molecule has 2 heterocycles. The van der Waals surface area contributed by atoms with E-state index in [-0.39, 0.29) is 0 Å². The molecule has 0 bridgehead atoms. The van der Waals surface area contributed by atoms with Crippen molar-refractivity contribution in [1.29, 1.82) is 0 Å². The second-order valence-electron chi connectivity index (χ2n) is 3.83. The highest BCUT2D eigenvalue weighted by molar-refractivity contribution is 5.62. The molecule has 0 aliphatic carbocycles. The molecule has 0 fully saturated rings. The first-order valence-electron chi connectivity index (χ1n) is 5.90. The van der Waals surface area contributed by atoms with Gasteiger partial charge in [0.25, 0.3) is 0 Å². The van der Waals surface area contributed by atoms with Crippen LogP contribution in [-0.2, 0) is 6.54 Å². The molecule has 0 spiro atoms. The van der Waals surface area contributed by atoms with Gasteiger partial charge in [-0.1, -0.05) is 0 Å². The Morgan fingerprint density at radius 2 is 2.21 bits per heavy atom. The fraction of sp³-hybridized carbons (Fsp3) is 0.364. The lowest BCUT2D eigenvalue weighted by Crippen LogP contribution is -2.13. The van der Waals surface area contributed by atoms with Gasteiger partial charge >= 0.3 is 0 Å². The van der Waals surface area contributed by atoms with Crippen LogP contribution in [0.15, 0.2) is 25.0 Å². The first kappa shape index (κ1) is 13.1. The SMILES string of the molecule is COc1c(NN)ncnc1NCCCn1ccnc1. The zero-order valence-electron chi connectivity index (χ0n) is 10.7. The summed E-state index contributed by atoms with van der Waals surface area (Å²) in [5.74, 6) is 6.94. The number of nitrogens with zero attached hydrogens (tertiary/aromatic N) is 4. The molecule has 0 saturated heterocycles. The number of hydrazine groups is 1. The molecule has 0 aliphatic rings. The number of methoxy groups -OCH3 is 1. The number of ether oxygens (including phenoxy) is 1. The Morgan fingerprint density at radius 3 is 2.89 bits per heavy atom. The fourth-order valence-corrected chi connectivity index (χ4v) is 1.68. The number of nitrogens with one attached hydrogen (secondary N) is 2. The lowest BCUT2D eigenvalue weighted by Gasteiger charge is -2.12. The summed E-state index contributed by atoms with van der Waals surface area (Å²) in [5, 5.41) is 3.20. The highest BCUT2D eigenvalue weighted by atomic mass is 16.5. The van der Waals surface area contributed by atoms with E-state index >= 15 is 0 Å². The Hall–Kier alpha value is -2.35. The Morgan fingerprint density at radius 1 is 1.37 bits per heavy atom. The smallest absolute Gasteiger partial charge is 0.205 e. The maximum Gasteiger partial charge on any atom is 0.205 e. The molecule has 2 aromatic rings. The maximum atomic E-state index is 5.36. The fourth-order valence-electron chi connectivity index (χ4n) is 1.68. The van der Waals surface area contributed by atoms with Crippen LogP contribution in [0.4, 0.5) is 11.6 Å². The van der Waals surface area contributed by atoms with Crippen LogP contribution in [0.5, 0.6) is 5.75 Å². The number of aromatic nitrogens is 4. The lowest BCUT2D eigenvalue weighted by atomic mass is 10.4. The minimum atomic E-state index is 0.453. The Kier molecular flexibility index (Phi) is 4.51. The predicted molar refractivity (Wildman–Crippen MR) is 71.7 cm³/mol. The molecule has 0 aliphatic heterocycles. The van der Waals surface area contributed by atoms with Gasteiger partial charge in [-0.3, -0.25) is 0 Å². The zero-order chi connectivity index (χ0) is 13.5. The minimum absolute atomic E-state index is 0.453. The summed E-state index contributed by atoms with van der Waals surface area (Å²) in [6.45, 7) is 1.65. The standard InChI is InChI=1S/C11H17N7O/c1-19-9-10(15-7-16-11(9)17-12)14-3-2-5-18-6-4-13-8-18/h4,6-8H,2-3,5,12H2,1H3,(H2,14,15,16,17). The van der Waals surface area contributed by atoms with Gasteiger partial charge in [-0.25, -0.2) is 20.8 Å². The Balaban J connectivity index is 1.88. The van der Waals surface area contributed by atoms with Crippen LogP contribution >= 0.6 is 0 Å². The van der Waals surface area contributed by atoms with Gasteiger partial charge in [0.1, 0.15) is 6.33 Å². The minimum Gasteiger partial charge on any atom is -0.490 e. The van der Waals surface area contributed by atoms with Crippen molar-refractivity contribution in [3.05, 3.63) is 25.0 Å². The van der Waals surface area contributed by atoms with E-state index in [1.165, 1.54) is 6.33 Å². The first-order valence-corrected chi connectivity index (χ1v) is 5.90. The number of anilines is 2. The third kappa shape index (κ3) is 3.32. The van der Waals surface area contributed by atoms with Crippen molar-refractivity contribution in [3.8, 4) is 5.75 Å². The lowest BCUT2D eigenvalue weighted by molar-refractivity contribution is 0.414. The summed E-state index contributed by atoms with van der Waals surface area (Å²) in [5.41, 5.74) is 2.47. The maximum absolute atomic E-state index is 5.36. The summed E-state index contributed by atoms with van der Waals surface area (Å²) in [6.07, 6.45) is 7.86. The van der Waals surface area contributed by atoms with E-state index in [4.69, 9.17) is 10.6 Å². The number of imidazole rings is 1. The highest BCUT2D eigenvalue weighted by Gasteiger charge is 2.10. The quantitative estimate of drug-likeness (QED) is 0.379. The Bertz CT molecular complexity index is 500. The summed E-state index contributed by atoms with van der Waals surface area (Å²) in [6, 6.07) is 0. The molecule has 4 N–H and O–H groups in total. The van der Waals surface area contributed by atoms with Crippen LogP contribution in [0.1, 0.15) is 6.42 Å². The largest absolute Gasteiger partial charge is 0.490 e. The van der Waals surface area contributed by atoms with Crippen molar-refractivity contribution in [2.24, 2.45) is 5.84 Å². The van der Waals surface area contributed by atoms with Gasteiger partial charge in [0, 0.05) is 25.5 Å². The molecule has 0 radical (unpaired) electrons. The summed E-state index contributed by atoms with van der Waals surface area (Å²) in [4.78, 5) is 12.1. The van der Waals surface area contributed by atoms with Gasteiger partial charge in [0.05, 0.1) is 13.4 Å². The van der Waals surface area contributed by atoms with Crippen molar-refractivity contribution in [2.45, 2.75) is 13.0 Å². The Labute approximate surface area is 111 Å². The van der Waals surface area contributed by atoms with E-state index in [0.29, 0.717) is 17.4 Å². The molecule has 0 atom stereocenters. The molecule has 0 amide bonds. The second-order valence-corrected chi connectivity index (χ2v) is 3.83. The van der Waals surface area contributed by atoms with E-state index in [1.54, 1.807) is 19.6 Å². The van der Waals surface area contributed by atoms with Crippen molar-refractivity contribution in [2.75, 3.05) is 24.4 Å². The third-order valence-corrected chi connectivity index (χ3v) is 2.59. The molecule has 0 aromatic carbocycles. The monoisotopic (exact) mass is 263 g/mol. The first-order chi connectivity index (χ1) is 9.35. The number of aryl methyl sites for hydroxylation is 1. The molecule has 19 heavy (non-hydrogen) atoms. The second kappa shape index (κ2) is 6.55. The molecule has 0 unspecified atom stereocenters. The number of hydrogen-bond donors (Lipinski definition) is 3. The molecule has 0 saturated carbocycles. The van der Waals surface area contributed by atoms with Gasteiger partial charge in [-0.05, 0) is 6.42 Å². The molecule has 2 aromatic heterocycles. The summed E-state index contributed by atoms with van der Waals surface area (Å²) < 4.78 is 7.24. The van der Waals surface area contributed by atoms with Gasteiger partial charge in [-0.15, -0.1) is 0 Å². The molecule has 8 heteroatoms. The number of nitrogen functional groups attached to an aromatic ring is 1. The van der Waals surface area contributed by atoms with E-state index < -0.39 is 0 Å². The van der Waals surface area contributed by atoms with Crippen LogP contribution < -0.4 is 21.3 Å². The average molecular weight is 263 g/mol. The zero-order valence-corrected chi connectivity index (χ0v) is 10.7. The van der Waals surface area contributed by atoms with E-state index in [0.717, 1.165) is 19.5 Å². The number of rotatable bonds is 7. The predicted octanol–water partition coefficient (Wildman–Crippen LogP) is 0.469. The molecule has 8 nitrogen and oxygen atoms in total. The third-order valence-electron chi connectivity index (χ3n) is 2.59. The van der Waals surface area contributed by atoms with Crippen molar-refractivity contribution < 1.29 is 4.74 Å². The van der Waals surface area contributed by atoms with Crippen LogP contribution in [0.3, 0.4) is 0 Å². The molecule has 102 valence electrons. The van der Waals surface area contributed by atoms with Gasteiger partial charge < -0.3 is 20.0 Å². The average Bonchev–Trinajstić information content (AvgIpc) is 2.96. The van der Waals surface area contributed by atoms with E-state index in [2.05, 4.69) is 25.7 Å². The van der Waals surface area contributed by atoms with Gasteiger partial charge in [0.2, 0.25) is 5.75 Å². The van der Waals surface area contributed by atoms with E-state index in [9.17, 15) is 0 Å². The van der Waals surface area contributed by atoms with Crippen molar-refractivity contribution in [1.82, 2.24) is 19.5 Å². The summed E-state index contributed by atoms with van der Waals surface area (Å²) in [7, 11) is 1.55.